The molecule has 0 spiro atoms. The fraction of sp³-hybridized carbons (Fsp3) is 0.778. The van der Waals surface area contributed by atoms with Gasteiger partial charge in [-0.1, -0.05) is 12.2 Å². The zero-order valence-corrected chi connectivity index (χ0v) is 7.09. The maximum Gasteiger partial charge on any atom is 0.0595 e. The lowest BCUT2D eigenvalue weighted by Crippen LogP contribution is -2.39. The fourth-order valence-corrected chi connectivity index (χ4v) is 1.46. The summed E-state index contributed by atoms with van der Waals surface area (Å²) in [5.74, 6) is 0.431. The Balaban J connectivity index is 2.29. The van der Waals surface area contributed by atoms with E-state index >= 15 is 0 Å². The van der Waals surface area contributed by atoms with E-state index in [2.05, 4.69) is 11.4 Å². The van der Waals surface area contributed by atoms with Gasteiger partial charge in [0, 0.05) is 12.5 Å². The highest BCUT2D eigenvalue weighted by atomic mass is 16.3. The van der Waals surface area contributed by atoms with Crippen LogP contribution in [0.3, 0.4) is 0 Å². The van der Waals surface area contributed by atoms with E-state index in [4.69, 9.17) is 0 Å². The molecule has 0 aromatic heterocycles. The number of aliphatic hydroxyl groups is 1. The molecular weight excluding hydrogens is 138 g/mol. The van der Waals surface area contributed by atoms with Crippen LogP contribution in [0.1, 0.15) is 19.8 Å². The van der Waals surface area contributed by atoms with Crippen LogP contribution >= 0.6 is 0 Å². The van der Waals surface area contributed by atoms with Crippen molar-refractivity contribution in [1.82, 2.24) is 5.32 Å². The molecule has 0 bridgehead atoms. The molecule has 1 heterocycles. The Bertz CT molecular complexity index is 134. The minimum Gasteiger partial charge on any atom is -0.393 e. The molecule has 0 radical (unpaired) electrons. The highest BCUT2D eigenvalue weighted by molar-refractivity contribution is 4.86. The van der Waals surface area contributed by atoms with E-state index in [1.165, 1.54) is 0 Å². The molecule has 2 N–H and O–H groups in total. The number of nitrogens with one attached hydrogen (secondary N) is 1. The first kappa shape index (κ1) is 8.75. The van der Waals surface area contributed by atoms with Crippen LogP contribution in [0, 0.1) is 5.92 Å². The van der Waals surface area contributed by atoms with E-state index < -0.39 is 0 Å². The minimum absolute atomic E-state index is 0.0903. The van der Waals surface area contributed by atoms with Gasteiger partial charge in [-0.05, 0) is 26.3 Å². The van der Waals surface area contributed by atoms with E-state index in [1.54, 1.807) is 0 Å². The molecule has 2 unspecified atom stereocenters. The van der Waals surface area contributed by atoms with Gasteiger partial charge >= 0.3 is 0 Å². The molecule has 1 saturated heterocycles. The van der Waals surface area contributed by atoms with Crippen LogP contribution in [-0.4, -0.2) is 24.3 Å². The van der Waals surface area contributed by atoms with Crippen LogP contribution in [0.4, 0.5) is 0 Å². The summed E-state index contributed by atoms with van der Waals surface area (Å²) in [6.45, 7) is 3.95. The minimum atomic E-state index is -0.0903. The first-order valence-corrected chi connectivity index (χ1v) is 4.34. The Hall–Kier alpha value is -0.340. The summed E-state index contributed by atoms with van der Waals surface area (Å²) in [5, 5.41) is 12.8. The number of rotatable bonds is 2. The van der Waals surface area contributed by atoms with Crippen LogP contribution in [0.5, 0.6) is 0 Å². The predicted molar refractivity (Wildman–Crippen MR) is 46.4 cm³/mol. The highest BCUT2D eigenvalue weighted by Crippen LogP contribution is 2.15. The van der Waals surface area contributed by atoms with Crippen molar-refractivity contribution in [3.05, 3.63) is 12.2 Å². The summed E-state index contributed by atoms with van der Waals surface area (Å²) in [5.41, 5.74) is 0. The number of allylic oxidation sites excluding steroid dienone is 2. The van der Waals surface area contributed by atoms with Crippen molar-refractivity contribution in [1.29, 1.82) is 0 Å². The SMILES string of the molecule is C/C=C/CC1CNCCC1O. The summed E-state index contributed by atoms with van der Waals surface area (Å²) in [7, 11) is 0. The molecule has 64 valence electrons. The predicted octanol–water partition coefficient (Wildman–Crippen LogP) is 0.923. The van der Waals surface area contributed by atoms with Crippen molar-refractivity contribution in [2.24, 2.45) is 5.92 Å². The summed E-state index contributed by atoms with van der Waals surface area (Å²) in [6, 6.07) is 0. The van der Waals surface area contributed by atoms with Crippen molar-refractivity contribution in [3.63, 3.8) is 0 Å². The molecule has 2 atom stereocenters. The lowest BCUT2D eigenvalue weighted by atomic mass is 9.93. The van der Waals surface area contributed by atoms with Gasteiger partial charge in [-0.15, -0.1) is 0 Å². The van der Waals surface area contributed by atoms with Crippen molar-refractivity contribution in [2.75, 3.05) is 13.1 Å². The van der Waals surface area contributed by atoms with E-state index in [0.717, 1.165) is 25.9 Å². The first-order valence-electron chi connectivity index (χ1n) is 4.34. The van der Waals surface area contributed by atoms with Gasteiger partial charge in [0.25, 0.3) is 0 Å². The number of hydrogen-bond acceptors (Lipinski definition) is 2. The molecule has 0 amide bonds. The van der Waals surface area contributed by atoms with Gasteiger partial charge in [-0.25, -0.2) is 0 Å². The summed E-state index contributed by atoms with van der Waals surface area (Å²) in [6.07, 6.45) is 5.99. The third-order valence-corrected chi connectivity index (χ3v) is 2.24. The second kappa shape index (κ2) is 4.52. The quantitative estimate of drug-likeness (QED) is 0.581. The normalized spacial score (nSPS) is 32.9. The van der Waals surface area contributed by atoms with Crippen molar-refractivity contribution in [3.8, 4) is 0 Å². The van der Waals surface area contributed by atoms with E-state index in [9.17, 15) is 5.11 Å². The van der Waals surface area contributed by atoms with Crippen LogP contribution in [0.15, 0.2) is 12.2 Å². The lowest BCUT2D eigenvalue weighted by molar-refractivity contribution is 0.0805. The standard InChI is InChI=1S/C9H17NO/c1-2-3-4-8-7-10-6-5-9(8)11/h2-3,8-11H,4-7H2,1H3/b3-2+. The van der Waals surface area contributed by atoms with Crippen LogP contribution in [0.25, 0.3) is 0 Å². The zero-order chi connectivity index (χ0) is 8.10. The van der Waals surface area contributed by atoms with E-state index in [-0.39, 0.29) is 6.10 Å². The number of piperidine rings is 1. The third kappa shape index (κ3) is 2.64. The number of aliphatic hydroxyl groups excluding tert-OH is 1. The Morgan fingerprint density at radius 2 is 2.45 bits per heavy atom. The summed E-state index contributed by atoms with van der Waals surface area (Å²) in [4.78, 5) is 0. The molecule has 2 heteroatoms. The van der Waals surface area contributed by atoms with Gasteiger partial charge < -0.3 is 10.4 Å². The highest BCUT2D eigenvalue weighted by Gasteiger charge is 2.20. The maximum absolute atomic E-state index is 9.52. The van der Waals surface area contributed by atoms with Gasteiger partial charge in [0.2, 0.25) is 0 Å². The second-order valence-corrected chi connectivity index (χ2v) is 3.12. The molecule has 1 fully saturated rings. The van der Waals surface area contributed by atoms with Crippen LogP contribution in [-0.2, 0) is 0 Å². The third-order valence-electron chi connectivity index (χ3n) is 2.24. The fourth-order valence-electron chi connectivity index (χ4n) is 1.46. The summed E-state index contributed by atoms with van der Waals surface area (Å²) < 4.78 is 0. The van der Waals surface area contributed by atoms with Gasteiger partial charge in [0.15, 0.2) is 0 Å². The van der Waals surface area contributed by atoms with Crippen LogP contribution < -0.4 is 5.32 Å². The monoisotopic (exact) mass is 155 g/mol. The average Bonchev–Trinajstić information content (AvgIpc) is 2.03. The molecule has 0 aromatic rings. The Labute approximate surface area is 68.3 Å². The van der Waals surface area contributed by atoms with E-state index in [1.807, 2.05) is 13.0 Å². The molecular formula is C9H17NO. The number of hydrogen-bond donors (Lipinski definition) is 2. The molecule has 0 saturated carbocycles. The zero-order valence-electron chi connectivity index (χ0n) is 7.09. The second-order valence-electron chi connectivity index (χ2n) is 3.12. The van der Waals surface area contributed by atoms with Gasteiger partial charge in [0.05, 0.1) is 6.10 Å². The van der Waals surface area contributed by atoms with Crippen molar-refractivity contribution in [2.45, 2.75) is 25.9 Å². The Morgan fingerprint density at radius 3 is 3.09 bits per heavy atom. The summed E-state index contributed by atoms with van der Waals surface area (Å²) >= 11 is 0. The molecule has 0 aromatic carbocycles. The van der Waals surface area contributed by atoms with Gasteiger partial charge in [-0.3, -0.25) is 0 Å². The molecule has 1 aliphatic heterocycles. The lowest BCUT2D eigenvalue weighted by Gasteiger charge is -2.27. The molecule has 1 rings (SSSR count). The molecule has 1 aliphatic rings. The maximum atomic E-state index is 9.52. The van der Waals surface area contributed by atoms with Crippen molar-refractivity contribution >= 4 is 0 Å². The molecule has 0 aliphatic carbocycles. The van der Waals surface area contributed by atoms with Gasteiger partial charge in [0.1, 0.15) is 0 Å². The van der Waals surface area contributed by atoms with Crippen LogP contribution in [0.2, 0.25) is 0 Å². The Kier molecular flexibility index (Phi) is 3.60. The van der Waals surface area contributed by atoms with Gasteiger partial charge in [-0.2, -0.15) is 0 Å². The Morgan fingerprint density at radius 1 is 1.64 bits per heavy atom. The molecule has 2 nitrogen and oxygen atoms in total. The average molecular weight is 155 g/mol. The van der Waals surface area contributed by atoms with E-state index in [0.29, 0.717) is 5.92 Å². The smallest absolute Gasteiger partial charge is 0.0595 e. The largest absolute Gasteiger partial charge is 0.393 e. The molecule has 11 heavy (non-hydrogen) atoms. The first-order chi connectivity index (χ1) is 5.34. The van der Waals surface area contributed by atoms with Crippen molar-refractivity contribution < 1.29 is 5.11 Å². The topological polar surface area (TPSA) is 32.3 Å².